The van der Waals surface area contributed by atoms with Crippen molar-refractivity contribution in [2.75, 3.05) is 12.4 Å². The van der Waals surface area contributed by atoms with Gasteiger partial charge in [-0.1, -0.05) is 11.6 Å². The van der Waals surface area contributed by atoms with Crippen molar-refractivity contribution in [1.82, 2.24) is 5.32 Å². The Morgan fingerprint density at radius 1 is 1.23 bits per heavy atom. The molecule has 138 valence electrons. The lowest BCUT2D eigenvalue weighted by atomic mass is 10.1. The summed E-state index contributed by atoms with van der Waals surface area (Å²) in [6, 6.07) is 7.74. The van der Waals surface area contributed by atoms with E-state index in [2.05, 4.69) is 26.6 Å². The lowest BCUT2D eigenvalue weighted by Gasteiger charge is -2.16. The molecule has 0 saturated heterocycles. The van der Waals surface area contributed by atoms with Crippen molar-refractivity contribution in [2.24, 2.45) is 0 Å². The number of hydrogen-bond acceptors (Lipinski definition) is 3. The topological polar surface area (TPSA) is 50.4 Å². The first-order valence-corrected chi connectivity index (χ1v) is 8.52. The van der Waals surface area contributed by atoms with Crippen LogP contribution in [0, 0.1) is 0 Å². The van der Waals surface area contributed by atoms with E-state index in [1.54, 1.807) is 6.07 Å². The largest absolute Gasteiger partial charge is 0.496 e. The van der Waals surface area contributed by atoms with Crippen LogP contribution in [0.3, 0.4) is 0 Å². The highest BCUT2D eigenvalue weighted by Gasteiger charge is 2.34. The molecule has 2 aromatic rings. The Balaban J connectivity index is 2.14. The summed E-state index contributed by atoms with van der Waals surface area (Å²) in [5.41, 5.74) is -1.06. The predicted octanol–water partition coefficient (Wildman–Crippen LogP) is 5.26. The van der Waals surface area contributed by atoms with Gasteiger partial charge in [-0.15, -0.1) is 0 Å². The average Bonchev–Trinajstić information content (AvgIpc) is 2.55. The summed E-state index contributed by atoms with van der Waals surface area (Å²) in [5.74, 6) is -0.0633. The Morgan fingerprint density at radius 2 is 1.92 bits per heavy atom. The fourth-order valence-corrected chi connectivity index (χ4v) is 2.91. The van der Waals surface area contributed by atoms with Gasteiger partial charge in [0, 0.05) is 10.6 Å². The molecular weight excluding hydrogens is 457 g/mol. The number of benzene rings is 2. The number of halogens is 5. The molecule has 10 heteroatoms. The van der Waals surface area contributed by atoms with Crippen LogP contribution in [0.15, 0.2) is 40.9 Å². The van der Waals surface area contributed by atoms with Crippen LogP contribution in [0.2, 0.25) is 5.02 Å². The van der Waals surface area contributed by atoms with Gasteiger partial charge in [-0.3, -0.25) is 10.1 Å². The SMILES string of the molecule is COc1ccc(C(=O)NC(=S)Nc2ccc(Cl)cc2C(F)(F)F)cc1Br. The molecular formula is C16H11BrClF3N2O2S. The Labute approximate surface area is 165 Å². The maximum Gasteiger partial charge on any atom is 0.418 e. The van der Waals surface area contributed by atoms with Gasteiger partial charge in [0.25, 0.3) is 5.91 Å². The lowest BCUT2D eigenvalue weighted by Crippen LogP contribution is -2.34. The molecule has 0 atom stereocenters. The maximum absolute atomic E-state index is 13.1. The third kappa shape index (κ3) is 5.09. The molecule has 0 fully saturated rings. The van der Waals surface area contributed by atoms with E-state index in [1.165, 1.54) is 25.3 Å². The third-order valence-electron chi connectivity index (χ3n) is 3.18. The molecule has 0 unspecified atom stereocenters. The average molecular weight is 468 g/mol. The predicted molar refractivity (Wildman–Crippen MR) is 101 cm³/mol. The van der Waals surface area contributed by atoms with Crippen molar-refractivity contribution >= 4 is 56.5 Å². The number of carbonyl (C=O) groups is 1. The number of methoxy groups -OCH3 is 1. The van der Waals surface area contributed by atoms with Crippen LogP contribution < -0.4 is 15.4 Å². The number of rotatable bonds is 3. The molecule has 2 aromatic carbocycles. The van der Waals surface area contributed by atoms with Crippen LogP contribution in [0.25, 0.3) is 0 Å². The van der Waals surface area contributed by atoms with E-state index in [1.807, 2.05) is 0 Å². The second kappa shape index (κ2) is 8.24. The second-order valence-corrected chi connectivity index (χ2v) is 6.64. The monoisotopic (exact) mass is 466 g/mol. The molecule has 0 aliphatic rings. The zero-order valence-corrected chi connectivity index (χ0v) is 16.2. The molecule has 0 heterocycles. The van der Waals surface area contributed by atoms with Crippen molar-refractivity contribution in [3.8, 4) is 5.75 Å². The lowest BCUT2D eigenvalue weighted by molar-refractivity contribution is -0.136. The van der Waals surface area contributed by atoms with Crippen LogP contribution >= 0.6 is 39.7 Å². The fourth-order valence-electron chi connectivity index (χ4n) is 2.00. The summed E-state index contributed by atoms with van der Waals surface area (Å²) in [6.07, 6.45) is -4.63. The molecule has 0 aliphatic heterocycles. The van der Waals surface area contributed by atoms with Crippen LogP contribution in [0.1, 0.15) is 15.9 Å². The molecule has 0 aromatic heterocycles. The Bertz CT molecular complexity index is 862. The highest BCUT2D eigenvalue weighted by atomic mass is 79.9. The number of anilines is 1. The van der Waals surface area contributed by atoms with Gasteiger partial charge in [-0.25, -0.2) is 0 Å². The minimum absolute atomic E-state index is 0.0686. The molecule has 0 aliphatic carbocycles. The van der Waals surface area contributed by atoms with Crippen molar-refractivity contribution in [3.05, 3.63) is 57.0 Å². The number of carbonyl (C=O) groups excluding carboxylic acids is 1. The summed E-state index contributed by atoms with van der Waals surface area (Å²) in [5, 5.41) is 4.34. The van der Waals surface area contributed by atoms with Gasteiger partial charge in [-0.05, 0) is 64.5 Å². The van der Waals surface area contributed by atoms with Gasteiger partial charge in [0.1, 0.15) is 5.75 Å². The first-order valence-electron chi connectivity index (χ1n) is 6.94. The molecule has 26 heavy (non-hydrogen) atoms. The Kier molecular flexibility index (Phi) is 6.48. The molecule has 2 rings (SSSR count). The van der Waals surface area contributed by atoms with E-state index in [-0.39, 0.29) is 21.4 Å². The maximum atomic E-state index is 13.1. The number of thiocarbonyl (C=S) groups is 1. The zero-order valence-electron chi connectivity index (χ0n) is 13.1. The summed E-state index contributed by atoms with van der Waals surface area (Å²) < 4.78 is 44.8. The van der Waals surface area contributed by atoms with Gasteiger partial charge in [0.15, 0.2) is 5.11 Å². The van der Waals surface area contributed by atoms with E-state index in [0.29, 0.717) is 10.2 Å². The van der Waals surface area contributed by atoms with E-state index >= 15 is 0 Å². The van der Waals surface area contributed by atoms with E-state index in [9.17, 15) is 18.0 Å². The van der Waals surface area contributed by atoms with E-state index < -0.39 is 17.6 Å². The van der Waals surface area contributed by atoms with Crippen molar-refractivity contribution < 1.29 is 22.7 Å². The minimum atomic E-state index is -4.63. The van der Waals surface area contributed by atoms with Gasteiger partial charge in [0.2, 0.25) is 0 Å². The fraction of sp³-hybridized carbons (Fsp3) is 0.125. The molecule has 0 spiro atoms. The van der Waals surface area contributed by atoms with E-state index in [0.717, 1.165) is 12.1 Å². The number of amides is 1. The summed E-state index contributed by atoms with van der Waals surface area (Å²) in [6.45, 7) is 0. The highest BCUT2D eigenvalue weighted by molar-refractivity contribution is 9.10. The second-order valence-electron chi connectivity index (χ2n) is 4.95. The van der Waals surface area contributed by atoms with Crippen molar-refractivity contribution in [1.29, 1.82) is 0 Å². The Morgan fingerprint density at radius 3 is 2.50 bits per heavy atom. The molecule has 0 bridgehead atoms. The number of nitrogens with one attached hydrogen (secondary N) is 2. The minimum Gasteiger partial charge on any atom is -0.496 e. The summed E-state index contributed by atoms with van der Waals surface area (Å²) in [4.78, 5) is 12.2. The quantitative estimate of drug-likeness (QED) is 0.605. The summed E-state index contributed by atoms with van der Waals surface area (Å²) >= 11 is 13.8. The van der Waals surface area contributed by atoms with Crippen molar-refractivity contribution in [3.63, 3.8) is 0 Å². The third-order valence-corrected chi connectivity index (χ3v) is 4.24. The molecule has 4 nitrogen and oxygen atoms in total. The van der Waals surface area contributed by atoms with Crippen LogP contribution in [0.5, 0.6) is 5.75 Å². The Hall–Kier alpha value is -1.84. The number of alkyl halides is 3. The van der Waals surface area contributed by atoms with Crippen LogP contribution in [-0.2, 0) is 6.18 Å². The van der Waals surface area contributed by atoms with Crippen LogP contribution in [0.4, 0.5) is 18.9 Å². The van der Waals surface area contributed by atoms with Gasteiger partial charge in [-0.2, -0.15) is 13.2 Å². The molecule has 0 saturated carbocycles. The molecule has 2 N–H and O–H groups in total. The first kappa shape index (κ1) is 20.5. The molecule has 0 radical (unpaired) electrons. The highest BCUT2D eigenvalue weighted by Crippen LogP contribution is 2.36. The molecule has 1 amide bonds. The number of hydrogen-bond donors (Lipinski definition) is 2. The smallest absolute Gasteiger partial charge is 0.418 e. The number of ether oxygens (including phenoxy) is 1. The van der Waals surface area contributed by atoms with Gasteiger partial charge >= 0.3 is 6.18 Å². The summed E-state index contributed by atoms with van der Waals surface area (Å²) in [7, 11) is 1.48. The first-order chi connectivity index (χ1) is 12.1. The van der Waals surface area contributed by atoms with Gasteiger partial charge in [0.05, 0.1) is 22.8 Å². The van der Waals surface area contributed by atoms with Gasteiger partial charge < -0.3 is 10.1 Å². The van der Waals surface area contributed by atoms with Crippen molar-refractivity contribution in [2.45, 2.75) is 6.18 Å². The van der Waals surface area contributed by atoms with E-state index in [4.69, 9.17) is 28.6 Å². The standard InChI is InChI=1S/C16H11BrClF3N2O2S/c1-25-13-5-2-8(6-11(13)17)14(24)23-15(26)22-12-4-3-9(18)7-10(12)16(19,20)21/h2-7H,1H3,(H2,22,23,24,26). The normalized spacial score (nSPS) is 11.0. The van der Waals surface area contributed by atoms with Crippen LogP contribution in [-0.4, -0.2) is 18.1 Å². The zero-order chi connectivity index (χ0) is 19.5.